The summed E-state index contributed by atoms with van der Waals surface area (Å²) in [7, 11) is 0. The van der Waals surface area contributed by atoms with Crippen LogP contribution in [0, 0.1) is 13.8 Å². The van der Waals surface area contributed by atoms with E-state index in [1.54, 1.807) is 25.1 Å². The Labute approximate surface area is 111 Å². The zero-order valence-electron chi connectivity index (χ0n) is 10.8. The van der Waals surface area contributed by atoms with Crippen LogP contribution in [0.5, 0.6) is 5.75 Å². The minimum absolute atomic E-state index is 0.0504. The third kappa shape index (κ3) is 2.82. The highest BCUT2D eigenvalue weighted by atomic mass is 16.3. The van der Waals surface area contributed by atoms with Gasteiger partial charge in [-0.3, -0.25) is 4.79 Å². The number of nitrogens with zero attached hydrogens (tertiary/aromatic N) is 1. The maximum absolute atomic E-state index is 12.0. The number of aryl methyl sites for hydroxylation is 2. The first kappa shape index (κ1) is 12.9. The van der Waals surface area contributed by atoms with Crippen molar-refractivity contribution in [3.8, 4) is 5.75 Å². The number of benzene rings is 1. The number of aromatic nitrogens is 1. The molecule has 0 atom stereocenters. The van der Waals surface area contributed by atoms with Crippen LogP contribution in [0.1, 0.15) is 21.5 Å². The van der Waals surface area contributed by atoms with Crippen LogP contribution in [-0.4, -0.2) is 16.0 Å². The van der Waals surface area contributed by atoms with E-state index in [-0.39, 0.29) is 11.3 Å². The summed E-state index contributed by atoms with van der Waals surface area (Å²) in [5, 5.41) is 12.4. The van der Waals surface area contributed by atoms with Gasteiger partial charge in [0.25, 0.3) is 5.91 Å². The van der Waals surface area contributed by atoms with Gasteiger partial charge in [-0.1, -0.05) is 6.07 Å². The maximum atomic E-state index is 12.0. The summed E-state index contributed by atoms with van der Waals surface area (Å²) < 4.78 is 0. The van der Waals surface area contributed by atoms with Crippen LogP contribution in [0.2, 0.25) is 0 Å². The van der Waals surface area contributed by atoms with Crippen molar-refractivity contribution in [1.29, 1.82) is 0 Å². The van der Waals surface area contributed by atoms with Crippen molar-refractivity contribution < 1.29 is 9.90 Å². The summed E-state index contributed by atoms with van der Waals surface area (Å²) in [5.74, 6) is -0.0253. The zero-order valence-corrected chi connectivity index (χ0v) is 10.8. The molecule has 1 aromatic carbocycles. The van der Waals surface area contributed by atoms with Gasteiger partial charge in [0, 0.05) is 0 Å². The Balaban J connectivity index is 2.25. The first-order valence-corrected chi connectivity index (χ1v) is 5.80. The lowest BCUT2D eigenvalue weighted by atomic mass is 10.1. The third-order valence-electron chi connectivity index (χ3n) is 2.73. The minimum Gasteiger partial charge on any atom is -0.507 e. The third-order valence-corrected chi connectivity index (χ3v) is 2.73. The molecule has 0 saturated heterocycles. The number of amides is 1. The van der Waals surface area contributed by atoms with Crippen LogP contribution < -0.4 is 11.1 Å². The fourth-order valence-electron chi connectivity index (χ4n) is 1.74. The molecule has 0 fully saturated rings. The minimum atomic E-state index is -0.405. The molecule has 0 unspecified atom stereocenters. The molecule has 0 spiro atoms. The number of phenolic OH excluding ortho intramolecular Hbond substituents is 1. The SMILES string of the molecule is Cc1ccc(C(=O)Nc2ncc(N)cc2C)c(O)c1. The number of anilines is 2. The molecule has 5 nitrogen and oxygen atoms in total. The number of hydrogen-bond donors (Lipinski definition) is 3. The normalized spacial score (nSPS) is 10.2. The molecule has 0 aliphatic carbocycles. The Bertz CT molecular complexity index is 639. The number of phenols is 1. The topological polar surface area (TPSA) is 88.2 Å². The molecule has 0 aliphatic rings. The van der Waals surface area contributed by atoms with Crippen LogP contribution in [0.15, 0.2) is 30.5 Å². The molecule has 0 radical (unpaired) electrons. The molecule has 0 aliphatic heterocycles. The Kier molecular flexibility index (Phi) is 3.37. The highest BCUT2D eigenvalue weighted by Gasteiger charge is 2.13. The molecule has 1 amide bonds. The van der Waals surface area contributed by atoms with E-state index >= 15 is 0 Å². The second kappa shape index (κ2) is 4.97. The van der Waals surface area contributed by atoms with Gasteiger partial charge in [0.15, 0.2) is 0 Å². The lowest BCUT2D eigenvalue weighted by Gasteiger charge is -2.09. The number of aromatic hydroxyl groups is 1. The lowest BCUT2D eigenvalue weighted by molar-refractivity contribution is 0.102. The molecular formula is C14H15N3O2. The number of nitrogen functional groups attached to an aromatic ring is 1. The Morgan fingerprint density at radius 2 is 2.05 bits per heavy atom. The number of carbonyl (C=O) groups excluding carboxylic acids is 1. The van der Waals surface area contributed by atoms with Crippen LogP contribution in [0.4, 0.5) is 11.5 Å². The van der Waals surface area contributed by atoms with E-state index in [1.807, 2.05) is 6.92 Å². The summed E-state index contributed by atoms with van der Waals surface area (Å²) in [6, 6.07) is 6.60. The number of rotatable bonds is 2. The molecule has 0 saturated carbocycles. The van der Waals surface area contributed by atoms with Crippen molar-refractivity contribution in [1.82, 2.24) is 4.98 Å². The highest BCUT2D eigenvalue weighted by Crippen LogP contribution is 2.21. The van der Waals surface area contributed by atoms with Crippen LogP contribution >= 0.6 is 0 Å². The summed E-state index contributed by atoms with van der Waals surface area (Å²) >= 11 is 0. The van der Waals surface area contributed by atoms with E-state index in [0.29, 0.717) is 11.5 Å². The van der Waals surface area contributed by atoms with Gasteiger partial charge in [0.2, 0.25) is 0 Å². The molecule has 2 aromatic rings. The number of pyridine rings is 1. The first-order chi connectivity index (χ1) is 8.97. The lowest BCUT2D eigenvalue weighted by Crippen LogP contribution is -2.14. The second-order valence-corrected chi connectivity index (χ2v) is 4.41. The van der Waals surface area contributed by atoms with E-state index in [2.05, 4.69) is 10.3 Å². The van der Waals surface area contributed by atoms with E-state index in [0.717, 1.165) is 11.1 Å². The van der Waals surface area contributed by atoms with Crippen molar-refractivity contribution in [2.75, 3.05) is 11.1 Å². The van der Waals surface area contributed by atoms with Crippen molar-refractivity contribution in [3.05, 3.63) is 47.2 Å². The predicted molar refractivity (Wildman–Crippen MR) is 74.2 cm³/mol. The number of carbonyl (C=O) groups is 1. The van der Waals surface area contributed by atoms with Gasteiger partial charge in [0.05, 0.1) is 17.4 Å². The fourth-order valence-corrected chi connectivity index (χ4v) is 1.74. The standard InChI is InChI=1S/C14H15N3O2/c1-8-3-4-11(12(18)5-8)14(19)17-13-9(2)6-10(15)7-16-13/h3-7,18H,15H2,1-2H3,(H,16,17,19). The van der Waals surface area contributed by atoms with Crippen LogP contribution in [0.25, 0.3) is 0 Å². The molecule has 1 heterocycles. The summed E-state index contributed by atoms with van der Waals surface area (Å²) in [6.45, 7) is 3.64. The van der Waals surface area contributed by atoms with Gasteiger partial charge < -0.3 is 16.2 Å². The molecule has 0 bridgehead atoms. The first-order valence-electron chi connectivity index (χ1n) is 5.80. The average Bonchev–Trinajstić information content (AvgIpc) is 2.32. The predicted octanol–water partition coefficient (Wildman–Crippen LogP) is 2.24. The van der Waals surface area contributed by atoms with Crippen LogP contribution in [0.3, 0.4) is 0 Å². The van der Waals surface area contributed by atoms with E-state index < -0.39 is 5.91 Å². The summed E-state index contributed by atoms with van der Waals surface area (Å²) in [4.78, 5) is 16.1. The van der Waals surface area contributed by atoms with Crippen molar-refractivity contribution in [2.24, 2.45) is 0 Å². The molecule has 1 aromatic heterocycles. The summed E-state index contributed by atoms with van der Waals surface area (Å²) in [6.07, 6.45) is 1.47. The van der Waals surface area contributed by atoms with Gasteiger partial charge in [-0.25, -0.2) is 4.98 Å². The molecule has 5 heteroatoms. The Hall–Kier alpha value is -2.56. The maximum Gasteiger partial charge on any atom is 0.260 e. The number of hydrogen-bond acceptors (Lipinski definition) is 4. The molecular weight excluding hydrogens is 242 g/mol. The zero-order chi connectivity index (χ0) is 14.0. The quantitative estimate of drug-likeness (QED) is 0.769. The van der Waals surface area contributed by atoms with Gasteiger partial charge in [-0.2, -0.15) is 0 Å². The molecule has 19 heavy (non-hydrogen) atoms. The molecule has 4 N–H and O–H groups in total. The van der Waals surface area contributed by atoms with E-state index in [4.69, 9.17) is 5.73 Å². The van der Waals surface area contributed by atoms with Crippen molar-refractivity contribution in [2.45, 2.75) is 13.8 Å². The Morgan fingerprint density at radius 3 is 2.68 bits per heavy atom. The average molecular weight is 257 g/mol. The largest absolute Gasteiger partial charge is 0.507 e. The smallest absolute Gasteiger partial charge is 0.260 e. The molecule has 2 rings (SSSR count). The highest BCUT2D eigenvalue weighted by molar-refractivity contribution is 6.06. The second-order valence-electron chi connectivity index (χ2n) is 4.41. The van der Waals surface area contributed by atoms with Crippen molar-refractivity contribution >= 4 is 17.4 Å². The van der Waals surface area contributed by atoms with Gasteiger partial charge >= 0.3 is 0 Å². The number of nitrogens with two attached hydrogens (primary N) is 1. The van der Waals surface area contributed by atoms with Gasteiger partial charge in [-0.05, 0) is 43.2 Å². The van der Waals surface area contributed by atoms with E-state index in [9.17, 15) is 9.90 Å². The molecule has 98 valence electrons. The monoisotopic (exact) mass is 257 g/mol. The van der Waals surface area contributed by atoms with Crippen LogP contribution in [-0.2, 0) is 0 Å². The fraction of sp³-hybridized carbons (Fsp3) is 0.143. The van der Waals surface area contributed by atoms with E-state index in [1.165, 1.54) is 12.3 Å². The Morgan fingerprint density at radius 1 is 1.32 bits per heavy atom. The summed E-state index contributed by atoms with van der Waals surface area (Å²) in [5.41, 5.74) is 7.99. The van der Waals surface area contributed by atoms with Gasteiger partial charge in [0.1, 0.15) is 11.6 Å². The van der Waals surface area contributed by atoms with Gasteiger partial charge in [-0.15, -0.1) is 0 Å². The number of nitrogens with one attached hydrogen (secondary N) is 1. The van der Waals surface area contributed by atoms with Crippen molar-refractivity contribution in [3.63, 3.8) is 0 Å².